The van der Waals surface area contributed by atoms with Crippen molar-refractivity contribution < 1.29 is 92.7 Å². The molecule has 1 rings (SSSR count). The van der Waals surface area contributed by atoms with Crippen LogP contribution in [0.25, 0.3) is 0 Å². The first-order valence-electron chi connectivity index (χ1n) is 22.1. The van der Waals surface area contributed by atoms with Gasteiger partial charge in [-0.05, 0) is 26.0 Å². The fourth-order valence-electron chi connectivity index (χ4n) is 4.72. The molecule has 0 bridgehead atoms. The minimum atomic E-state index is -3.78. The Morgan fingerprint density at radius 1 is 0.375 bits per heavy atom. The number of ether oxygens (including phenoxy) is 15. The summed E-state index contributed by atoms with van der Waals surface area (Å²) in [5.41, 5.74) is 0.971. The van der Waals surface area contributed by atoms with Crippen LogP contribution >= 0.6 is 7.37 Å². The lowest BCUT2D eigenvalue weighted by Gasteiger charge is -2.12. The molecule has 0 aliphatic heterocycles. The van der Waals surface area contributed by atoms with Crippen molar-refractivity contribution in [1.29, 1.82) is 0 Å². The monoisotopic (exact) mass is 966 g/mol. The van der Waals surface area contributed by atoms with Gasteiger partial charge in [0.1, 0.15) is 0 Å². The number of benzene rings is 1. The zero-order chi connectivity index (χ0) is 46.3. The van der Waals surface area contributed by atoms with Gasteiger partial charge in [0, 0.05) is 12.8 Å². The van der Waals surface area contributed by atoms with Gasteiger partial charge in [-0.25, -0.2) is 0 Å². The number of hydrogen-bond acceptors (Lipinski definition) is 20. The summed E-state index contributed by atoms with van der Waals surface area (Å²) in [6.45, 7) is 19.1. The molecule has 0 amide bonds. The molecule has 1 unspecified atom stereocenters. The maximum atomic E-state index is 12.1. The summed E-state index contributed by atoms with van der Waals surface area (Å²) >= 11 is 0. The summed E-state index contributed by atoms with van der Waals surface area (Å²) in [4.78, 5) is 0.123. The Kier molecular flexibility index (Phi) is 43.2. The van der Waals surface area contributed by atoms with Gasteiger partial charge in [0.15, 0.2) is 0 Å². The Balaban J connectivity index is 1.64. The van der Waals surface area contributed by atoms with Crippen LogP contribution in [-0.2, 0) is 94.4 Å². The van der Waals surface area contributed by atoms with Crippen LogP contribution in [0.1, 0.15) is 12.5 Å². The van der Waals surface area contributed by atoms with Crippen LogP contribution in [0.3, 0.4) is 0 Å². The van der Waals surface area contributed by atoms with Crippen molar-refractivity contribution in [1.82, 2.24) is 0 Å². The van der Waals surface area contributed by atoms with Gasteiger partial charge < -0.3 is 75.6 Å². The van der Waals surface area contributed by atoms with Gasteiger partial charge in [-0.2, -0.15) is 8.42 Å². The van der Waals surface area contributed by atoms with Crippen LogP contribution in [0.2, 0.25) is 0 Å². The molecule has 20 nitrogen and oxygen atoms in total. The summed E-state index contributed by atoms with van der Waals surface area (Å²) in [7, 11) is -6.32. The zero-order valence-corrected chi connectivity index (χ0v) is 40.4. The van der Waals surface area contributed by atoms with E-state index < -0.39 is 17.5 Å². The molecular weight excluding hydrogens is 887 g/mol. The van der Waals surface area contributed by atoms with Crippen LogP contribution < -0.4 is 0 Å². The van der Waals surface area contributed by atoms with E-state index in [9.17, 15) is 13.0 Å². The third kappa shape index (κ3) is 42.1. The van der Waals surface area contributed by atoms with Crippen LogP contribution in [-0.4, -0.2) is 233 Å². The Hall–Kier alpha value is -1.28. The van der Waals surface area contributed by atoms with E-state index in [1.807, 2.05) is 13.8 Å². The largest absolute Gasteiger partial charge is 0.378 e. The standard InChI is InChI=1S/C42H79O20PS/c1-4-61-63(3,43)40-39-60-36-35-58-32-31-56-28-27-54-24-23-52-20-19-50-16-15-48-12-11-46-9-10-47-13-14-49-17-18-51-21-22-53-25-26-55-29-30-57-33-34-59-37-38-62-64(44,45)42-7-5-41(2)6-8-42/h5-8H,4,9-40H2,1-3H3. The van der Waals surface area contributed by atoms with Gasteiger partial charge >= 0.3 is 0 Å². The normalized spacial score (nSPS) is 12.9. The van der Waals surface area contributed by atoms with Crippen LogP contribution in [0.4, 0.5) is 0 Å². The molecule has 0 heterocycles. The summed E-state index contributed by atoms with van der Waals surface area (Å²) in [5, 5.41) is 0. The quantitative estimate of drug-likeness (QED) is 0.0523. The molecule has 1 atom stereocenters. The Morgan fingerprint density at radius 2 is 0.594 bits per heavy atom. The topological polar surface area (TPSA) is 208 Å². The van der Waals surface area contributed by atoms with Gasteiger partial charge in [-0.1, -0.05) is 17.7 Å². The summed E-state index contributed by atoms with van der Waals surface area (Å²) < 4.78 is 128. The molecule has 0 fully saturated rings. The van der Waals surface area contributed by atoms with Gasteiger partial charge in [-0.3, -0.25) is 8.75 Å². The number of rotatable bonds is 52. The smallest absolute Gasteiger partial charge is 0.297 e. The van der Waals surface area contributed by atoms with Crippen molar-refractivity contribution in [3.63, 3.8) is 0 Å². The molecule has 0 spiro atoms. The lowest BCUT2D eigenvalue weighted by Crippen LogP contribution is -2.16. The molecule has 64 heavy (non-hydrogen) atoms. The fourth-order valence-corrected chi connectivity index (χ4v) is 6.75. The second kappa shape index (κ2) is 45.5. The lowest BCUT2D eigenvalue weighted by molar-refractivity contribution is -0.0300. The highest BCUT2D eigenvalue weighted by molar-refractivity contribution is 7.86. The van der Waals surface area contributed by atoms with Gasteiger partial charge in [0.05, 0.1) is 216 Å². The molecule has 0 aliphatic carbocycles. The second-order valence-electron chi connectivity index (χ2n) is 13.4. The maximum absolute atomic E-state index is 12.1. The molecule has 0 saturated heterocycles. The molecule has 22 heteroatoms. The average Bonchev–Trinajstić information content (AvgIpc) is 3.27. The first kappa shape index (κ1) is 60.7. The third-order valence-corrected chi connectivity index (χ3v) is 11.2. The Bertz CT molecular complexity index is 1280. The van der Waals surface area contributed by atoms with E-state index in [4.69, 9.17) is 79.8 Å². The van der Waals surface area contributed by atoms with Crippen molar-refractivity contribution in [2.75, 3.05) is 224 Å². The summed E-state index contributed by atoms with van der Waals surface area (Å²) in [6, 6.07) is 6.47. The predicted octanol–water partition coefficient (Wildman–Crippen LogP) is 2.89. The average molecular weight is 967 g/mol. The van der Waals surface area contributed by atoms with Crippen molar-refractivity contribution in [3.05, 3.63) is 29.8 Å². The van der Waals surface area contributed by atoms with Gasteiger partial charge in [0.2, 0.25) is 7.37 Å². The molecule has 1 aromatic rings. The van der Waals surface area contributed by atoms with Crippen LogP contribution in [0.15, 0.2) is 29.2 Å². The third-order valence-electron chi connectivity index (χ3n) is 8.03. The van der Waals surface area contributed by atoms with Crippen LogP contribution in [0.5, 0.6) is 0 Å². The fraction of sp³-hybridized carbons (Fsp3) is 0.857. The zero-order valence-electron chi connectivity index (χ0n) is 38.7. The highest BCUT2D eigenvalue weighted by atomic mass is 32.2. The molecule has 0 N–H and O–H groups in total. The molecule has 0 radical (unpaired) electrons. The van der Waals surface area contributed by atoms with Crippen LogP contribution in [0, 0.1) is 6.92 Å². The molecule has 1 aromatic carbocycles. The lowest BCUT2D eigenvalue weighted by atomic mass is 10.2. The molecular formula is C42H79O20PS. The second-order valence-corrected chi connectivity index (χ2v) is 17.8. The Morgan fingerprint density at radius 3 is 0.828 bits per heavy atom. The van der Waals surface area contributed by atoms with Gasteiger partial charge in [0.25, 0.3) is 10.1 Å². The van der Waals surface area contributed by atoms with E-state index in [2.05, 4.69) is 0 Å². The minimum Gasteiger partial charge on any atom is -0.378 e. The maximum Gasteiger partial charge on any atom is 0.297 e. The minimum absolute atomic E-state index is 0.0665. The van der Waals surface area contributed by atoms with E-state index in [0.29, 0.717) is 204 Å². The first-order valence-corrected chi connectivity index (χ1v) is 25.8. The van der Waals surface area contributed by atoms with Crippen molar-refractivity contribution in [2.24, 2.45) is 0 Å². The van der Waals surface area contributed by atoms with E-state index in [0.717, 1.165) is 5.56 Å². The number of aryl methyl sites for hydroxylation is 1. The SMILES string of the molecule is CCOP(C)(=O)CCOCCOCCOCCOCCOCCOCCOCCOCCOCCOCCOCCOCCOCCOCCOCCOS(=O)(=O)c1ccc(C)cc1. The van der Waals surface area contributed by atoms with Gasteiger partial charge in [-0.15, -0.1) is 0 Å². The summed E-state index contributed by atoms with van der Waals surface area (Å²) in [6.07, 6.45) is 0.407. The van der Waals surface area contributed by atoms with Crippen molar-refractivity contribution >= 4 is 17.5 Å². The molecule has 0 aromatic heterocycles. The molecule has 0 saturated carbocycles. The summed E-state index contributed by atoms with van der Waals surface area (Å²) in [5.74, 6) is 0. The van der Waals surface area contributed by atoms with E-state index in [1.165, 1.54) is 12.1 Å². The van der Waals surface area contributed by atoms with Crippen molar-refractivity contribution in [3.8, 4) is 0 Å². The van der Waals surface area contributed by atoms with E-state index >= 15 is 0 Å². The molecule has 0 aliphatic rings. The molecule has 378 valence electrons. The van der Waals surface area contributed by atoms with E-state index in [1.54, 1.807) is 18.8 Å². The van der Waals surface area contributed by atoms with E-state index in [-0.39, 0.29) is 18.1 Å². The first-order chi connectivity index (χ1) is 31.3. The number of hydrogen-bond donors (Lipinski definition) is 0. The highest BCUT2D eigenvalue weighted by Crippen LogP contribution is 2.41. The highest BCUT2D eigenvalue weighted by Gasteiger charge is 2.15. The predicted molar refractivity (Wildman–Crippen MR) is 237 cm³/mol. The Labute approximate surface area is 382 Å². The van der Waals surface area contributed by atoms with Crippen molar-refractivity contribution in [2.45, 2.75) is 18.7 Å².